The first-order chi connectivity index (χ1) is 8.24. The van der Waals surface area contributed by atoms with Crippen molar-refractivity contribution in [3.63, 3.8) is 0 Å². The maximum absolute atomic E-state index is 5.50. The van der Waals surface area contributed by atoms with E-state index in [1.165, 1.54) is 25.7 Å². The number of hydrogen-bond donors (Lipinski definition) is 2. The summed E-state index contributed by atoms with van der Waals surface area (Å²) in [5.74, 6) is 1.42. The Morgan fingerprint density at radius 2 is 2.06 bits per heavy atom. The van der Waals surface area contributed by atoms with Crippen molar-refractivity contribution in [2.24, 2.45) is 5.92 Å². The van der Waals surface area contributed by atoms with Crippen LogP contribution >= 0.6 is 0 Å². The van der Waals surface area contributed by atoms with E-state index in [0.717, 1.165) is 12.5 Å². The van der Waals surface area contributed by atoms with E-state index in [1.54, 1.807) is 0 Å². The van der Waals surface area contributed by atoms with Crippen LogP contribution in [0.5, 0.6) is 0 Å². The largest absolute Gasteiger partial charge is 0.407 e. The van der Waals surface area contributed by atoms with Gasteiger partial charge in [0.05, 0.1) is 6.54 Å². The topological polar surface area (TPSA) is 63.0 Å². The minimum Gasteiger partial charge on any atom is -0.407 e. The molecule has 1 aromatic heterocycles. The summed E-state index contributed by atoms with van der Waals surface area (Å²) < 4.78 is 5.50. The molecule has 96 valence electrons. The van der Waals surface area contributed by atoms with Crippen LogP contribution in [0, 0.1) is 5.92 Å². The molecule has 17 heavy (non-hydrogen) atoms. The van der Waals surface area contributed by atoms with Crippen molar-refractivity contribution in [1.82, 2.24) is 15.5 Å². The Morgan fingerprint density at radius 3 is 2.76 bits per heavy atom. The fourth-order valence-electron chi connectivity index (χ4n) is 2.13. The van der Waals surface area contributed by atoms with Gasteiger partial charge in [-0.15, -0.1) is 5.10 Å². The first-order valence-corrected chi connectivity index (χ1v) is 6.53. The second-order valence-corrected chi connectivity index (χ2v) is 5.07. The molecule has 0 saturated heterocycles. The van der Waals surface area contributed by atoms with Crippen LogP contribution in [0.1, 0.15) is 45.4 Å². The van der Waals surface area contributed by atoms with Crippen LogP contribution in [0.4, 0.5) is 6.01 Å². The van der Waals surface area contributed by atoms with Gasteiger partial charge in [-0.2, -0.15) is 0 Å². The van der Waals surface area contributed by atoms with Gasteiger partial charge in [0.2, 0.25) is 5.89 Å². The molecule has 5 nitrogen and oxygen atoms in total. The van der Waals surface area contributed by atoms with Gasteiger partial charge in [-0.25, -0.2) is 0 Å². The molecule has 1 fully saturated rings. The summed E-state index contributed by atoms with van der Waals surface area (Å²) in [6.07, 6.45) is 5.37. The molecule has 2 rings (SSSR count). The summed E-state index contributed by atoms with van der Waals surface area (Å²) in [6.45, 7) is 5.78. The highest BCUT2D eigenvalue weighted by Gasteiger charge is 2.15. The van der Waals surface area contributed by atoms with E-state index >= 15 is 0 Å². The van der Waals surface area contributed by atoms with E-state index in [4.69, 9.17) is 4.42 Å². The fraction of sp³-hybridized carbons (Fsp3) is 0.833. The lowest BCUT2D eigenvalue weighted by molar-refractivity contribution is 0.455. The Morgan fingerprint density at radius 1 is 1.29 bits per heavy atom. The second-order valence-electron chi connectivity index (χ2n) is 5.07. The maximum atomic E-state index is 5.50. The van der Waals surface area contributed by atoms with Gasteiger partial charge in [0, 0.05) is 12.6 Å². The molecular formula is C12H22N4O. The van der Waals surface area contributed by atoms with E-state index in [-0.39, 0.29) is 0 Å². The van der Waals surface area contributed by atoms with Crippen LogP contribution in [-0.2, 0) is 6.54 Å². The van der Waals surface area contributed by atoms with Crippen molar-refractivity contribution < 1.29 is 4.42 Å². The molecule has 0 spiro atoms. The highest BCUT2D eigenvalue weighted by Crippen LogP contribution is 2.24. The van der Waals surface area contributed by atoms with E-state index in [0.29, 0.717) is 24.5 Å². The monoisotopic (exact) mass is 238 g/mol. The second kappa shape index (κ2) is 6.00. The summed E-state index contributed by atoms with van der Waals surface area (Å²) in [4.78, 5) is 0. The zero-order valence-electron chi connectivity index (χ0n) is 10.7. The quantitative estimate of drug-likeness (QED) is 0.795. The number of rotatable bonds is 6. The van der Waals surface area contributed by atoms with Gasteiger partial charge in [-0.3, -0.25) is 0 Å². The lowest BCUT2D eigenvalue weighted by Gasteiger charge is -2.07. The van der Waals surface area contributed by atoms with Gasteiger partial charge in [0.25, 0.3) is 0 Å². The van der Waals surface area contributed by atoms with Crippen LogP contribution in [0.15, 0.2) is 4.42 Å². The number of anilines is 1. The third kappa shape index (κ3) is 4.00. The Labute approximate surface area is 102 Å². The minimum atomic E-state index is 0.428. The molecule has 0 amide bonds. The SMILES string of the molecule is CC(C)NCc1nnc(NCC2CCCC2)o1. The highest BCUT2D eigenvalue weighted by molar-refractivity contribution is 5.16. The lowest BCUT2D eigenvalue weighted by atomic mass is 10.1. The van der Waals surface area contributed by atoms with E-state index in [1.807, 2.05) is 0 Å². The zero-order chi connectivity index (χ0) is 12.1. The first-order valence-electron chi connectivity index (χ1n) is 6.53. The van der Waals surface area contributed by atoms with Crippen molar-refractivity contribution in [2.75, 3.05) is 11.9 Å². The molecule has 1 heterocycles. The Bertz CT molecular complexity index is 331. The molecule has 2 N–H and O–H groups in total. The van der Waals surface area contributed by atoms with Crippen LogP contribution < -0.4 is 10.6 Å². The average Bonchev–Trinajstić information content (AvgIpc) is 2.95. The van der Waals surface area contributed by atoms with Gasteiger partial charge >= 0.3 is 6.01 Å². The van der Waals surface area contributed by atoms with Crippen LogP contribution in [0.25, 0.3) is 0 Å². The van der Waals surface area contributed by atoms with Gasteiger partial charge < -0.3 is 15.1 Å². The van der Waals surface area contributed by atoms with Crippen molar-refractivity contribution in [1.29, 1.82) is 0 Å². The molecule has 0 aromatic carbocycles. The number of nitrogens with zero attached hydrogens (tertiary/aromatic N) is 2. The maximum Gasteiger partial charge on any atom is 0.315 e. The molecule has 0 unspecified atom stereocenters. The molecule has 1 aliphatic carbocycles. The van der Waals surface area contributed by atoms with Crippen LogP contribution in [-0.4, -0.2) is 22.8 Å². The lowest BCUT2D eigenvalue weighted by Crippen LogP contribution is -2.21. The third-order valence-corrected chi connectivity index (χ3v) is 3.15. The molecular weight excluding hydrogens is 216 g/mol. The Kier molecular flexibility index (Phi) is 4.36. The Hall–Kier alpha value is -1.10. The summed E-state index contributed by atoms with van der Waals surface area (Å²) in [6, 6.07) is 0.981. The number of hydrogen-bond acceptors (Lipinski definition) is 5. The average molecular weight is 238 g/mol. The molecule has 1 aromatic rings. The number of aromatic nitrogens is 2. The first kappa shape index (κ1) is 12.4. The van der Waals surface area contributed by atoms with E-state index in [2.05, 4.69) is 34.7 Å². The molecule has 1 aliphatic rings. The summed E-state index contributed by atoms with van der Waals surface area (Å²) in [5.41, 5.74) is 0. The predicted molar refractivity (Wildman–Crippen MR) is 66.7 cm³/mol. The van der Waals surface area contributed by atoms with E-state index < -0.39 is 0 Å². The molecule has 0 radical (unpaired) electrons. The molecule has 0 bridgehead atoms. The van der Waals surface area contributed by atoms with Crippen molar-refractivity contribution in [2.45, 2.75) is 52.1 Å². The van der Waals surface area contributed by atoms with Crippen molar-refractivity contribution >= 4 is 6.01 Å². The molecule has 0 atom stereocenters. The summed E-state index contributed by atoms with van der Waals surface area (Å²) >= 11 is 0. The van der Waals surface area contributed by atoms with Gasteiger partial charge in [0.15, 0.2) is 0 Å². The van der Waals surface area contributed by atoms with Crippen molar-refractivity contribution in [3.05, 3.63) is 5.89 Å². The zero-order valence-corrected chi connectivity index (χ0v) is 10.7. The Balaban J connectivity index is 1.73. The fourth-order valence-corrected chi connectivity index (χ4v) is 2.13. The number of nitrogens with one attached hydrogen (secondary N) is 2. The molecule has 1 saturated carbocycles. The van der Waals surface area contributed by atoms with Crippen LogP contribution in [0.3, 0.4) is 0 Å². The standard InChI is InChI=1S/C12H22N4O/c1-9(2)13-8-11-15-16-12(17-11)14-7-10-5-3-4-6-10/h9-10,13H,3-8H2,1-2H3,(H,14,16). The van der Waals surface area contributed by atoms with Gasteiger partial charge in [-0.05, 0) is 18.8 Å². The highest BCUT2D eigenvalue weighted by atomic mass is 16.4. The summed E-state index contributed by atoms with van der Waals surface area (Å²) in [5, 5.41) is 14.5. The minimum absolute atomic E-state index is 0.428. The van der Waals surface area contributed by atoms with Gasteiger partial charge in [-0.1, -0.05) is 31.8 Å². The summed E-state index contributed by atoms with van der Waals surface area (Å²) in [7, 11) is 0. The third-order valence-electron chi connectivity index (χ3n) is 3.15. The molecule has 5 heteroatoms. The van der Waals surface area contributed by atoms with Gasteiger partial charge in [0.1, 0.15) is 0 Å². The smallest absolute Gasteiger partial charge is 0.315 e. The predicted octanol–water partition coefficient (Wildman–Crippen LogP) is 2.17. The van der Waals surface area contributed by atoms with Crippen molar-refractivity contribution in [3.8, 4) is 0 Å². The molecule has 0 aliphatic heterocycles. The normalized spacial score (nSPS) is 16.9. The van der Waals surface area contributed by atoms with E-state index in [9.17, 15) is 0 Å². The van der Waals surface area contributed by atoms with Crippen LogP contribution in [0.2, 0.25) is 0 Å².